The van der Waals surface area contributed by atoms with E-state index in [9.17, 15) is 0 Å². The summed E-state index contributed by atoms with van der Waals surface area (Å²) in [5.41, 5.74) is 3.14. The first-order valence-electron chi connectivity index (χ1n) is 9.31. The van der Waals surface area contributed by atoms with Crippen LogP contribution < -0.4 is 10.1 Å². The maximum Gasteiger partial charge on any atom is 0.138 e. The molecule has 0 radical (unpaired) electrons. The zero-order valence-corrected chi connectivity index (χ0v) is 15.2. The van der Waals surface area contributed by atoms with Gasteiger partial charge in [0.05, 0.1) is 12.0 Å². The van der Waals surface area contributed by atoms with Gasteiger partial charge >= 0.3 is 0 Å². The first kappa shape index (κ1) is 17.1. The van der Waals surface area contributed by atoms with Crippen LogP contribution in [0.4, 0.5) is 0 Å². The second kappa shape index (κ2) is 7.94. The van der Waals surface area contributed by atoms with E-state index in [4.69, 9.17) is 13.9 Å². The van der Waals surface area contributed by atoms with Crippen LogP contribution >= 0.6 is 0 Å². The topological polar surface area (TPSA) is 43.6 Å². The van der Waals surface area contributed by atoms with Crippen LogP contribution in [0.1, 0.15) is 29.7 Å². The van der Waals surface area contributed by atoms with Gasteiger partial charge in [0.25, 0.3) is 0 Å². The first-order valence-corrected chi connectivity index (χ1v) is 9.31. The van der Waals surface area contributed by atoms with Gasteiger partial charge in [-0.05, 0) is 50.6 Å². The van der Waals surface area contributed by atoms with Gasteiger partial charge in [0.1, 0.15) is 29.8 Å². The van der Waals surface area contributed by atoms with Gasteiger partial charge in [-0.1, -0.05) is 36.4 Å². The zero-order chi connectivity index (χ0) is 17.8. The lowest BCUT2D eigenvalue weighted by Gasteiger charge is -2.24. The van der Waals surface area contributed by atoms with Crippen molar-refractivity contribution in [2.75, 3.05) is 13.1 Å². The number of hydrogen-bond acceptors (Lipinski definition) is 4. The molecule has 0 amide bonds. The SMILES string of the molecule is Cc1c(COCc2ccccc2)oc2cccc(OC3CCNCC3)c12. The highest BCUT2D eigenvalue weighted by atomic mass is 16.5. The molecule has 4 rings (SSSR count). The number of piperidine rings is 1. The average molecular weight is 351 g/mol. The molecule has 1 aliphatic heterocycles. The van der Waals surface area contributed by atoms with Gasteiger partial charge in [0, 0.05) is 5.56 Å². The molecule has 1 saturated heterocycles. The maximum absolute atomic E-state index is 6.30. The van der Waals surface area contributed by atoms with E-state index in [1.165, 1.54) is 0 Å². The molecule has 0 unspecified atom stereocenters. The molecule has 1 aliphatic rings. The van der Waals surface area contributed by atoms with Gasteiger partial charge in [0.2, 0.25) is 0 Å². The van der Waals surface area contributed by atoms with E-state index in [-0.39, 0.29) is 6.10 Å². The standard InChI is InChI=1S/C22H25NO3/c1-16-21(15-24-14-17-6-3-2-4-7-17)26-20-9-5-8-19(22(16)20)25-18-10-12-23-13-11-18/h2-9,18,23H,10-15H2,1H3. The van der Waals surface area contributed by atoms with Gasteiger partial charge in [-0.15, -0.1) is 0 Å². The molecule has 3 aromatic rings. The summed E-state index contributed by atoms with van der Waals surface area (Å²) >= 11 is 0. The predicted molar refractivity (Wildman–Crippen MR) is 102 cm³/mol. The van der Waals surface area contributed by atoms with Crippen molar-refractivity contribution in [3.8, 4) is 5.75 Å². The van der Waals surface area contributed by atoms with Crippen molar-refractivity contribution in [1.29, 1.82) is 0 Å². The number of nitrogens with one attached hydrogen (secondary N) is 1. The Morgan fingerprint density at radius 2 is 1.81 bits per heavy atom. The third-order valence-electron chi connectivity index (χ3n) is 4.94. The Bertz CT molecular complexity index is 850. The van der Waals surface area contributed by atoms with Crippen LogP contribution in [0.25, 0.3) is 11.0 Å². The number of fused-ring (bicyclic) bond motifs is 1. The van der Waals surface area contributed by atoms with Crippen molar-refractivity contribution < 1.29 is 13.9 Å². The third-order valence-corrected chi connectivity index (χ3v) is 4.94. The summed E-state index contributed by atoms with van der Waals surface area (Å²) in [7, 11) is 0. The fraction of sp³-hybridized carbons (Fsp3) is 0.364. The Morgan fingerprint density at radius 1 is 1.00 bits per heavy atom. The lowest BCUT2D eigenvalue weighted by Crippen LogP contribution is -2.34. The van der Waals surface area contributed by atoms with Crippen LogP contribution in [0.2, 0.25) is 0 Å². The maximum atomic E-state index is 6.30. The highest BCUT2D eigenvalue weighted by Crippen LogP contribution is 2.34. The fourth-order valence-corrected chi connectivity index (χ4v) is 3.48. The first-order chi connectivity index (χ1) is 12.8. The molecule has 1 N–H and O–H groups in total. The minimum Gasteiger partial charge on any atom is -0.490 e. The monoisotopic (exact) mass is 351 g/mol. The summed E-state index contributed by atoms with van der Waals surface area (Å²) in [5.74, 6) is 1.79. The molecule has 0 bridgehead atoms. The van der Waals surface area contributed by atoms with Crippen molar-refractivity contribution >= 4 is 11.0 Å². The fourth-order valence-electron chi connectivity index (χ4n) is 3.48. The van der Waals surface area contributed by atoms with Crippen LogP contribution in [-0.4, -0.2) is 19.2 Å². The molecule has 136 valence electrons. The van der Waals surface area contributed by atoms with Crippen LogP contribution in [0.15, 0.2) is 52.9 Å². The summed E-state index contributed by atoms with van der Waals surface area (Å²) in [6.07, 6.45) is 2.36. The number of ether oxygens (including phenoxy) is 2. The Hall–Kier alpha value is -2.30. The largest absolute Gasteiger partial charge is 0.490 e. The minimum absolute atomic E-state index is 0.272. The molecule has 0 saturated carbocycles. The van der Waals surface area contributed by atoms with E-state index in [1.54, 1.807) is 0 Å². The van der Waals surface area contributed by atoms with Gasteiger partial charge in [-0.2, -0.15) is 0 Å². The van der Waals surface area contributed by atoms with Crippen molar-refractivity contribution in [3.63, 3.8) is 0 Å². The van der Waals surface area contributed by atoms with E-state index in [1.807, 2.05) is 36.4 Å². The number of aryl methyl sites for hydroxylation is 1. The molecule has 4 nitrogen and oxygen atoms in total. The van der Waals surface area contributed by atoms with Crippen molar-refractivity contribution in [1.82, 2.24) is 5.32 Å². The molecule has 26 heavy (non-hydrogen) atoms. The average Bonchev–Trinajstić information content (AvgIpc) is 3.00. The normalized spacial score (nSPS) is 15.4. The number of furan rings is 1. The number of benzene rings is 2. The highest BCUT2D eigenvalue weighted by Gasteiger charge is 2.19. The van der Waals surface area contributed by atoms with Crippen LogP contribution in [-0.2, 0) is 18.0 Å². The Morgan fingerprint density at radius 3 is 2.62 bits per heavy atom. The molecule has 0 atom stereocenters. The van der Waals surface area contributed by atoms with E-state index in [0.29, 0.717) is 13.2 Å². The molecule has 2 aromatic carbocycles. The Labute approximate surface area is 154 Å². The summed E-state index contributed by atoms with van der Waals surface area (Å²) in [5, 5.41) is 4.45. The van der Waals surface area contributed by atoms with E-state index < -0.39 is 0 Å². The minimum atomic E-state index is 0.272. The van der Waals surface area contributed by atoms with Crippen LogP contribution in [0.3, 0.4) is 0 Å². The van der Waals surface area contributed by atoms with Crippen molar-refractivity contribution in [2.45, 2.75) is 39.1 Å². The Kier molecular flexibility index (Phi) is 5.23. The van der Waals surface area contributed by atoms with Gasteiger partial charge in [-0.3, -0.25) is 0 Å². The summed E-state index contributed by atoms with van der Waals surface area (Å²) in [4.78, 5) is 0. The van der Waals surface area contributed by atoms with Gasteiger partial charge < -0.3 is 19.2 Å². The van der Waals surface area contributed by atoms with E-state index in [0.717, 1.165) is 59.5 Å². The second-order valence-electron chi connectivity index (χ2n) is 6.83. The molecule has 1 fully saturated rings. The lowest BCUT2D eigenvalue weighted by atomic mass is 10.1. The molecule has 2 heterocycles. The van der Waals surface area contributed by atoms with Gasteiger partial charge in [-0.25, -0.2) is 0 Å². The molecular weight excluding hydrogens is 326 g/mol. The molecular formula is C22H25NO3. The van der Waals surface area contributed by atoms with E-state index in [2.05, 4.69) is 24.4 Å². The van der Waals surface area contributed by atoms with Crippen LogP contribution in [0, 0.1) is 6.92 Å². The molecule has 0 aliphatic carbocycles. The van der Waals surface area contributed by atoms with Crippen molar-refractivity contribution in [3.05, 3.63) is 65.4 Å². The van der Waals surface area contributed by atoms with Crippen molar-refractivity contribution in [2.24, 2.45) is 0 Å². The zero-order valence-electron chi connectivity index (χ0n) is 15.2. The second-order valence-corrected chi connectivity index (χ2v) is 6.83. The predicted octanol–water partition coefficient (Wildman–Crippen LogP) is 4.59. The highest BCUT2D eigenvalue weighted by molar-refractivity contribution is 5.88. The van der Waals surface area contributed by atoms with E-state index >= 15 is 0 Å². The number of rotatable bonds is 6. The molecule has 0 spiro atoms. The Balaban J connectivity index is 1.49. The third kappa shape index (κ3) is 3.76. The lowest BCUT2D eigenvalue weighted by molar-refractivity contribution is 0.0935. The van der Waals surface area contributed by atoms with Gasteiger partial charge in [0.15, 0.2) is 0 Å². The molecule has 4 heteroatoms. The summed E-state index contributed by atoms with van der Waals surface area (Å²) in [6, 6.07) is 16.2. The summed E-state index contributed by atoms with van der Waals surface area (Å²) in [6.45, 7) is 5.16. The summed E-state index contributed by atoms with van der Waals surface area (Å²) < 4.78 is 18.2. The smallest absolute Gasteiger partial charge is 0.138 e. The molecule has 1 aromatic heterocycles. The quantitative estimate of drug-likeness (QED) is 0.705. The van der Waals surface area contributed by atoms with Crippen LogP contribution in [0.5, 0.6) is 5.75 Å². The number of hydrogen-bond donors (Lipinski definition) is 1.